The second-order valence-corrected chi connectivity index (χ2v) is 32.7. The fourth-order valence-electron chi connectivity index (χ4n) is 14.3. The summed E-state index contributed by atoms with van der Waals surface area (Å²) < 4.78 is 36.2. The second kappa shape index (κ2) is 45.3. The van der Waals surface area contributed by atoms with E-state index in [4.69, 9.17) is 0 Å². The number of rotatable bonds is 54. The Hall–Kier alpha value is -3.18. The molecule has 0 saturated heterocycles. The Morgan fingerprint density at radius 2 is 0.652 bits per heavy atom. The first-order valence-corrected chi connectivity index (χ1v) is 41.8. The van der Waals surface area contributed by atoms with Gasteiger partial charge in [0.05, 0.1) is 31.9 Å². The summed E-state index contributed by atoms with van der Waals surface area (Å²) in [4.78, 5) is 38.2. The zero-order valence-corrected chi connectivity index (χ0v) is 62.9. The van der Waals surface area contributed by atoms with Crippen LogP contribution in [0.25, 0.3) is 51.4 Å². The predicted molar refractivity (Wildman–Crippen MR) is 407 cm³/mol. The van der Waals surface area contributed by atoms with Crippen LogP contribution in [-0.2, 0) is 25.9 Å². The summed E-state index contributed by atoms with van der Waals surface area (Å²) in [6.07, 6.45) is 56.5. The first-order chi connectivity index (χ1) is 45.0. The van der Waals surface area contributed by atoms with Crippen molar-refractivity contribution in [3.63, 3.8) is 0 Å². The lowest BCUT2D eigenvalue weighted by molar-refractivity contribution is 0.400. The number of thiophene rings is 4. The molecule has 2 atom stereocenters. The Morgan fingerprint density at radius 1 is 0.337 bits per heavy atom. The summed E-state index contributed by atoms with van der Waals surface area (Å²) >= 11 is 6.05. The maximum absolute atomic E-state index is 16.5. The lowest BCUT2D eigenvalue weighted by Gasteiger charge is -2.18. The summed E-state index contributed by atoms with van der Waals surface area (Å²) in [6.45, 7) is 19.0. The Kier molecular flexibility index (Phi) is 38.4. The fourth-order valence-corrected chi connectivity index (χ4v) is 18.8. The van der Waals surface area contributed by atoms with Crippen molar-refractivity contribution in [2.24, 2.45) is 11.8 Å². The minimum atomic E-state index is -0.393. The van der Waals surface area contributed by atoms with Crippen LogP contribution in [0.1, 0.15) is 345 Å². The molecule has 0 aliphatic rings. The quantitative estimate of drug-likeness (QED) is 0.0357. The molecule has 92 heavy (non-hydrogen) atoms. The third-order valence-electron chi connectivity index (χ3n) is 20.0. The molecule has 0 amide bonds. The SMILES string of the molecule is CCCCCCCCCCC(CCCCCCCC)Cc1cc(-c2cc3c(cc(-c4cc(CC(CCCCCCCC)CCCCCCCCCC)c(-c5cc(F)c(-c6sc(C)cc6F)s5)s4)c(=O)n3CCCCCCCC)n(CCCCCCCC)c2=O)sc1C. The van der Waals surface area contributed by atoms with E-state index in [9.17, 15) is 0 Å². The number of halogens is 2. The molecule has 10 heteroatoms. The lowest BCUT2D eigenvalue weighted by atomic mass is 9.88. The molecule has 0 N–H and O–H groups in total. The molecule has 0 aromatic carbocycles. The van der Waals surface area contributed by atoms with E-state index < -0.39 is 5.82 Å². The molecule has 0 aliphatic carbocycles. The van der Waals surface area contributed by atoms with Gasteiger partial charge < -0.3 is 9.13 Å². The van der Waals surface area contributed by atoms with Gasteiger partial charge in [-0.25, -0.2) is 8.78 Å². The Labute approximate surface area is 576 Å². The zero-order chi connectivity index (χ0) is 65.7. The number of pyridine rings is 2. The van der Waals surface area contributed by atoms with Crippen LogP contribution < -0.4 is 11.1 Å². The molecule has 0 fully saturated rings. The number of hydrogen-bond donors (Lipinski definition) is 0. The van der Waals surface area contributed by atoms with Crippen molar-refractivity contribution in [3.05, 3.63) is 89.6 Å². The van der Waals surface area contributed by atoms with Gasteiger partial charge in [-0.05, 0) is 98.9 Å². The Balaban J connectivity index is 1.47. The van der Waals surface area contributed by atoms with E-state index in [1.807, 2.05) is 6.92 Å². The molecular formula is C82H128F2N2O2S4. The minimum Gasteiger partial charge on any atom is -0.306 e. The van der Waals surface area contributed by atoms with Crippen molar-refractivity contribution in [2.45, 2.75) is 364 Å². The topological polar surface area (TPSA) is 44.0 Å². The maximum Gasteiger partial charge on any atom is 0.259 e. The van der Waals surface area contributed by atoms with Gasteiger partial charge in [-0.15, -0.1) is 45.3 Å². The van der Waals surface area contributed by atoms with Crippen molar-refractivity contribution in [3.8, 4) is 40.4 Å². The van der Waals surface area contributed by atoms with Crippen LogP contribution in [0.2, 0.25) is 0 Å². The van der Waals surface area contributed by atoms with Crippen molar-refractivity contribution in [1.82, 2.24) is 9.13 Å². The molecule has 0 radical (unpaired) electrons. The zero-order valence-electron chi connectivity index (χ0n) is 59.7. The molecule has 6 heterocycles. The van der Waals surface area contributed by atoms with Gasteiger partial charge in [0.1, 0.15) is 11.6 Å². The molecule has 6 aromatic heterocycles. The molecule has 2 unspecified atom stereocenters. The predicted octanol–water partition coefficient (Wildman–Crippen LogP) is 28.6. The number of fused-ring (bicyclic) bond motifs is 1. The summed E-state index contributed by atoms with van der Waals surface area (Å²) in [7, 11) is 0. The number of aryl methyl sites for hydroxylation is 4. The smallest absolute Gasteiger partial charge is 0.259 e. The fraction of sp³-hybridized carbons (Fsp3) is 0.707. The normalized spacial score (nSPS) is 12.6. The standard InChI is InChI=1S/C82H128F2N2O2S4/c1-9-15-21-27-33-35-39-45-50-65(49-43-37-29-23-17-11-3)56-67-58-75(90-64(67)8)69-60-73-74(85(81(69)87)53-47-41-31-25-19-13-5)61-70(82(88)86(73)54-48-42-32-26-20-14-6)76-59-68(78(91-76)77-62-72(84)80(92-77)79-71(83)55-63(7)89-79)57-66(51-44-38-30-24-18-12-4)52-46-40-36-34-28-22-16-10-2/h55,58-62,65-66H,9-54,56-57H2,1-8H3. The van der Waals surface area contributed by atoms with Crippen LogP contribution in [-0.4, -0.2) is 9.13 Å². The van der Waals surface area contributed by atoms with Crippen LogP contribution in [0, 0.1) is 37.3 Å². The molecule has 6 rings (SSSR count). The lowest BCUT2D eigenvalue weighted by Crippen LogP contribution is -2.28. The summed E-state index contributed by atoms with van der Waals surface area (Å²) in [6, 6.07) is 12.0. The number of unbranched alkanes of at least 4 members (excludes halogenated alkanes) is 34. The van der Waals surface area contributed by atoms with Crippen LogP contribution in [0.15, 0.2) is 46.0 Å². The first kappa shape index (κ1) is 77.8. The van der Waals surface area contributed by atoms with Gasteiger partial charge in [0.15, 0.2) is 0 Å². The highest BCUT2D eigenvalue weighted by Gasteiger charge is 2.26. The maximum atomic E-state index is 16.5. The molecular weight excluding hydrogens is 1210 g/mol. The van der Waals surface area contributed by atoms with E-state index in [1.54, 1.807) is 28.7 Å². The molecule has 0 aliphatic heterocycles. The minimum absolute atomic E-state index is 0.0144. The van der Waals surface area contributed by atoms with Gasteiger partial charge in [0.2, 0.25) is 0 Å². The van der Waals surface area contributed by atoms with Crippen molar-refractivity contribution >= 4 is 56.4 Å². The number of aromatic nitrogens is 2. The van der Waals surface area contributed by atoms with Gasteiger partial charge in [0, 0.05) is 42.4 Å². The second-order valence-electron chi connectivity index (χ2n) is 28.1. The van der Waals surface area contributed by atoms with Gasteiger partial charge in [0.25, 0.3) is 11.1 Å². The molecule has 6 aromatic rings. The third kappa shape index (κ3) is 26.0. The number of nitrogens with zero attached hydrogens (tertiary/aromatic N) is 2. The van der Waals surface area contributed by atoms with Crippen molar-refractivity contribution in [1.29, 1.82) is 0 Å². The molecule has 516 valence electrons. The monoisotopic (exact) mass is 1340 g/mol. The van der Waals surface area contributed by atoms with Gasteiger partial charge in [-0.2, -0.15) is 0 Å². The molecule has 0 bridgehead atoms. The highest BCUT2D eigenvalue weighted by atomic mass is 32.1. The summed E-state index contributed by atoms with van der Waals surface area (Å²) in [5.74, 6) is 0.321. The molecule has 0 saturated carbocycles. The van der Waals surface area contributed by atoms with E-state index in [0.29, 0.717) is 40.2 Å². The van der Waals surface area contributed by atoms with Crippen LogP contribution in [0.4, 0.5) is 8.78 Å². The van der Waals surface area contributed by atoms with E-state index in [0.717, 1.165) is 111 Å². The van der Waals surface area contributed by atoms with E-state index in [2.05, 4.69) is 81.9 Å². The van der Waals surface area contributed by atoms with Gasteiger partial charge in [-0.1, -0.05) is 311 Å². The highest BCUT2D eigenvalue weighted by Crippen LogP contribution is 2.47. The van der Waals surface area contributed by atoms with E-state index in [1.165, 1.54) is 270 Å². The average molecular weight is 1340 g/mol. The Morgan fingerprint density at radius 3 is 1.03 bits per heavy atom. The van der Waals surface area contributed by atoms with Gasteiger partial charge >= 0.3 is 0 Å². The van der Waals surface area contributed by atoms with E-state index in [-0.39, 0.29) is 16.9 Å². The molecule has 0 spiro atoms. The van der Waals surface area contributed by atoms with Gasteiger partial charge in [-0.3, -0.25) is 9.59 Å². The van der Waals surface area contributed by atoms with Crippen molar-refractivity contribution < 1.29 is 8.78 Å². The van der Waals surface area contributed by atoms with Crippen LogP contribution >= 0.6 is 45.3 Å². The summed E-state index contributed by atoms with van der Waals surface area (Å²) in [5.41, 5.74) is 5.63. The Bertz CT molecular complexity index is 3080. The van der Waals surface area contributed by atoms with Crippen molar-refractivity contribution in [2.75, 3.05) is 0 Å². The summed E-state index contributed by atoms with van der Waals surface area (Å²) in [5, 5.41) is 0. The van der Waals surface area contributed by atoms with Crippen LogP contribution in [0.3, 0.4) is 0 Å². The average Bonchev–Trinajstić information content (AvgIpc) is 1.11. The van der Waals surface area contributed by atoms with Crippen LogP contribution in [0.5, 0.6) is 0 Å². The highest BCUT2D eigenvalue weighted by molar-refractivity contribution is 7.27. The van der Waals surface area contributed by atoms with E-state index >= 15 is 18.4 Å². The largest absolute Gasteiger partial charge is 0.306 e. The molecule has 4 nitrogen and oxygen atoms in total. The first-order valence-electron chi connectivity index (χ1n) is 38.6. The number of hydrogen-bond acceptors (Lipinski definition) is 6. The third-order valence-corrected chi connectivity index (χ3v) is 24.8.